The number of hydrogen-bond acceptors (Lipinski definition) is 4. The molecule has 28 heavy (non-hydrogen) atoms. The van der Waals surface area contributed by atoms with Crippen LogP contribution in [0.1, 0.15) is 26.3 Å². The zero-order valence-electron chi connectivity index (χ0n) is 16.6. The summed E-state index contributed by atoms with van der Waals surface area (Å²) in [7, 11) is 0. The van der Waals surface area contributed by atoms with Gasteiger partial charge in [-0.15, -0.1) is 0 Å². The number of fused-ring (bicyclic) bond motifs is 2. The molecule has 0 aliphatic rings. The highest BCUT2D eigenvalue weighted by Gasteiger charge is 2.21. The Balaban J connectivity index is 2.05. The third kappa shape index (κ3) is 4.18. The molecule has 4 heteroatoms. The first-order valence-electron chi connectivity index (χ1n) is 9.36. The highest BCUT2D eigenvalue weighted by atomic mass is 16.5. The minimum atomic E-state index is -0.931. The molecule has 0 aliphatic heterocycles. The molecule has 0 aromatic heterocycles. The highest BCUT2D eigenvalue weighted by Crippen LogP contribution is 2.40. The van der Waals surface area contributed by atoms with E-state index in [4.69, 9.17) is 9.47 Å². The van der Waals surface area contributed by atoms with E-state index in [2.05, 4.69) is 51.6 Å². The Morgan fingerprint density at radius 3 is 2.54 bits per heavy atom. The van der Waals surface area contributed by atoms with E-state index < -0.39 is 12.1 Å². The highest BCUT2D eigenvalue weighted by molar-refractivity contribution is 6.07. The maximum atomic E-state index is 11.2. The first-order valence-corrected chi connectivity index (χ1v) is 9.36. The fourth-order valence-electron chi connectivity index (χ4n) is 3.32. The van der Waals surface area contributed by atoms with Crippen LogP contribution < -0.4 is 4.74 Å². The van der Waals surface area contributed by atoms with Crippen molar-refractivity contribution >= 4 is 27.5 Å². The van der Waals surface area contributed by atoms with E-state index >= 15 is 0 Å². The molecule has 0 bridgehead atoms. The van der Waals surface area contributed by atoms with Gasteiger partial charge in [-0.3, -0.25) is 0 Å². The summed E-state index contributed by atoms with van der Waals surface area (Å²) in [4.78, 5) is 11.2. The van der Waals surface area contributed by atoms with Gasteiger partial charge in [0.15, 0.2) is 0 Å². The van der Waals surface area contributed by atoms with Crippen molar-refractivity contribution < 1.29 is 19.4 Å². The second-order valence-electron chi connectivity index (χ2n) is 7.88. The van der Waals surface area contributed by atoms with E-state index in [-0.39, 0.29) is 18.6 Å². The first kappa shape index (κ1) is 19.9. The summed E-state index contributed by atoms with van der Waals surface area (Å²) in [6, 6.07) is 16.5. The molecule has 1 atom stereocenters. The van der Waals surface area contributed by atoms with E-state index in [0.29, 0.717) is 0 Å². The van der Waals surface area contributed by atoms with Crippen molar-refractivity contribution in [2.75, 3.05) is 13.2 Å². The van der Waals surface area contributed by atoms with E-state index in [1.54, 1.807) is 0 Å². The van der Waals surface area contributed by atoms with Crippen LogP contribution in [-0.2, 0) is 14.9 Å². The molecule has 0 heterocycles. The van der Waals surface area contributed by atoms with Gasteiger partial charge in [0.1, 0.15) is 25.1 Å². The lowest BCUT2D eigenvalue weighted by Gasteiger charge is -2.24. The van der Waals surface area contributed by atoms with Gasteiger partial charge in [0.2, 0.25) is 0 Å². The van der Waals surface area contributed by atoms with Crippen LogP contribution in [-0.4, -0.2) is 30.4 Å². The molecule has 0 spiro atoms. The van der Waals surface area contributed by atoms with Crippen LogP contribution in [0, 0.1) is 0 Å². The SMILES string of the molecule is C=CC(=O)OCC(O)COc1c2ccccc2cc2cccc(C(C)(C)C)c12. The largest absolute Gasteiger partial charge is 0.489 e. The predicted molar refractivity (Wildman–Crippen MR) is 113 cm³/mol. The third-order valence-electron chi connectivity index (χ3n) is 4.65. The van der Waals surface area contributed by atoms with Gasteiger partial charge in [0.05, 0.1) is 0 Å². The zero-order chi connectivity index (χ0) is 20.3. The summed E-state index contributed by atoms with van der Waals surface area (Å²) in [5.41, 5.74) is 1.11. The average molecular weight is 378 g/mol. The second kappa shape index (κ2) is 8.03. The summed E-state index contributed by atoms with van der Waals surface area (Å²) in [5.74, 6) is 0.178. The maximum absolute atomic E-state index is 11.2. The van der Waals surface area contributed by atoms with Gasteiger partial charge in [-0.2, -0.15) is 0 Å². The Kier molecular flexibility index (Phi) is 5.71. The Bertz CT molecular complexity index is 1010. The minimum Gasteiger partial charge on any atom is -0.489 e. The number of esters is 1. The summed E-state index contributed by atoms with van der Waals surface area (Å²) in [6.07, 6.45) is 0.140. The lowest BCUT2D eigenvalue weighted by molar-refractivity contribution is -0.141. The average Bonchev–Trinajstić information content (AvgIpc) is 2.67. The predicted octanol–water partition coefficient (Wildman–Crippen LogP) is 4.76. The maximum Gasteiger partial charge on any atom is 0.330 e. The van der Waals surface area contributed by atoms with Gasteiger partial charge in [0.25, 0.3) is 0 Å². The van der Waals surface area contributed by atoms with Gasteiger partial charge in [0, 0.05) is 16.8 Å². The molecular weight excluding hydrogens is 352 g/mol. The summed E-state index contributed by atoms with van der Waals surface area (Å²) in [5, 5.41) is 14.4. The molecular formula is C24H26O4. The number of rotatable bonds is 6. The smallest absolute Gasteiger partial charge is 0.330 e. The van der Waals surface area contributed by atoms with Crippen LogP contribution >= 0.6 is 0 Å². The van der Waals surface area contributed by atoms with Crippen LogP contribution in [0.25, 0.3) is 21.5 Å². The first-order chi connectivity index (χ1) is 13.3. The summed E-state index contributed by atoms with van der Waals surface area (Å²) in [6.45, 7) is 9.74. The summed E-state index contributed by atoms with van der Waals surface area (Å²) >= 11 is 0. The molecule has 0 fully saturated rings. The topological polar surface area (TPSA) is 55.8 Å². The third-order valence-corrected chi connectivity index (χ3v) is 4.65. The van der Waals surface area contributed by atoms with Crippen molar-refractivity contribution in [3.63, 3.8) is 0 Å². The van der Waals surface area contributed by atoms with Crippen LogP contribution in [0.2, 0.25) is 0 Å². The quantitative estimate of drug-likeness (QED) is 0.382. The van der Waals surface area contributed by atoms with Gasteiger partial charge < -0.3 is 14.6 Å². The molecule has 0 radical (unpaired) electrons. The van der Waals surface area contributed by atoms with Crippen LogP contribution in [0.15, 0.2) is 61.2 Å². The van der Waals surface area contributed by atoms with E-state index in [1.807, 2.05) is 24.3 Å². The van der Waals surface area contributed by atoms with E-state index in [0.717, 1.165) is 33.4 Å². The van der Waals surface area contributed by atoms with Gasteiger partial charge >= 0.3 is 5.97 Å². The monoisotopic (exact) mass is 378 g/mol. The summed E-state index contributed by atoms with van der Waals surface area (Å²) < 4.78 is 11.0. The molecule has 3 aromatic rings. The molecule has 3 rings (SSSR count). The van der Waals surface area contributed by atoms with Crippen molar-refractivity contribution in [1.29, 1.82) is 0 Å². The Morgan fingerprint density at radius 2 is 1.82 bits per heavy atom. The van der Waals surface area contributed by atoms with E-state index in [9.17, 15) is 9.90 Å². The number of hydrogen-bond donors (Lipinski definition) is 1. The second-order valence-corrected chi connectivity index (χ2v) is 7.88. The van der Waals surface area contributed by atoms with Gasteiger partial charge in [-0.25, -0.2) is 4.79 Å². The van der Waals surface area contributed by atoms with Crippen molar-refractivity contribution in [2.24, 2.45) is 0 Å². The molecule has 0 saturated carbocycles. The lowest BCUT2D eigenvalue weighted by atomic mass is 9.82. The molecule has 4 nitrogen and oxygen atoms in total. The van der Waals surface area contributed by atoms with Gasteiger partial charge in [-0.1, -0.05) is 69.8 Å². The number of carbonyl (C=O) groups excluding carboxylic acids is 1. The normalized spacial score (nSPS) is 12.7. The van der Waals surface area contributed by atoms with Gasteiger partial charge in [-0.05, 0) is 27.8 Å². The lowest BCUT2D eigenvalue weighted by Crippen LogP contribution is -2.25. The van der Waals surface area contributed by atoms with Crippen molar-refractivity contribution in [3.8, 4) is 5.75 Å². The molecule has 1 unspecified atom stereocenters. The minimum absolute atomic E-state index is 0.0198. The number of carbonyl (C=O) groups is 1. The van der Waals surface area contributed by atoms with Crippen LogP contribution in [0.3, 0.4) is 0 Å². The fraction of sp³-hybridized carbons (Fsp3) is 0.292. The molecule has 0 saturated heterocycles. The number of aliphatic hydroxyl groups excluding tert-OH is 1. The molecule has 146 valence electrons. The molecule has 3 aromatic carbocycles. The van der Waals surface area contributed by atoms with E-state index in [1.165, 1.54) is 5.56 Å². The van der Waals surface area contributed by atoms with Crippen molar-refractivity contribution in [3.05, 3.63) is 66.7 Å². The zero-order valence-corrected chi connectivity index (χ0v) is 16.6. The van der Waals surface area contributed by atoms with Crippen molar-refractivity contribution in [2.45, 2.75) is 32.3 Å². The van der Waals surface area contributed by atoms with Crippen molar-refractivity contribution in [1.82, 2.24) is 0 Å². The molecule has 0 amide bonds. The Morgan fingerprint density at radius 1 is 1.11 bits per heavy atom. The molecule has 0 aliphatic carbocycles. The standard InChI is InChI=1S/C24H26O4/c1-5-21(26)27-14-18(25)15-28-23-19-11-7-6-9-16(19)13-17-10-8-12-20(22(17)23)24(2,3)4/h5-13,18,25H,1,14-15H2,2-4H3. The number of benzene rings is 3. The Hall–Kier alpha value is -2.85. The fourth-order valence-corrected chi connectivity index (χ4v) is 3.32. The Labute approximate surface area is 165 Å². The number of ether oxygens (including phenoxy) is 2. The number of aliphatic hydroxyl groups is 1. The molecule has 1 N–H and O–H groups in total. The van der Waals surface area contributed by atoms with Crippen LogP contribution in [0.4, 0.5) is 0 Å². The van der Waals surface area contributed by atoms with Crippen LogP contribution in [0.5, 0.6) is 5.75 Å².